The predicted molar refractivity (Wildman–Crippen MR) is 97.8 cm³/mol. The SMILES string of the molecule is CN(C)C(=O)c1ccc2c(c1)/C(=C/c1[nH]cc3c1CCNC3=O)C(=O)N2. The fourth-order valence-corrected chi connectivity index (χ4v) is 3.33. The molecule has 0 saturated carbocycles. The zero-order valence-corrected chi connectivity index (χ0v) is 14.5. The molecule has 4 rings (SSSR count). The van der Waals surface area contributed by atoms with Crippen LogP contribution in [0.25, 0.3) is 11.6 Å². The van der Waals surface area contributed by atoms with Crippen LogP contribution in [-0.4, -0.2) is 48.2 Å². The van der Waals surface area contributed by atoms with Gasteiger partial charge in [0.2, 0.25) is 0 Å². The van der Waals surface area contributed by atoms with Crippen LogP contribution in [0.15, 0.2) is 24.4 Å². The van der Waals surface area contributed by atoms with Crippen molar-refractivity contribution in [2.24, 2.45) is 0 Å². The third kappa shape index (κ3) is 2.48. The Bertz CT molecular complexity index is 985. The van der Waals surface area contributed by atoms with Gasteiger partial charge in [-0.05, 0) is 36.3 Å². The van der Waals surface area contributed by atoms with E-state index < -0.39 is 0 Å². The summed E-state index contributed by atoms with van der Waals surface area (Å²) in [7, 11) is 3.37. The van der Waals surface area contributed by atoms with E-state index in [9.17, 15) is 14.4 Å². The van der Waals surface area contributed by atoms with Gasteiger partial charge in [-0.2, -0.15) is 0 Å². The Morgan fingerprint density at radius 2 is 1.96 bits per heavy atom. The van der Waals surface area contributed by atoms with E-state index in [1.165, 1.54) is 4.90 Å². The Labute approximate surface area is 150 Å². The van der Waals surface area contributed by atoms with Crippen molar-refractivity contribution >= 4 is 35.1 Å². The van der Waals surface area contributed by atoms with Crippen molar-refractivity contribution < 1.29 is 14.4 Å². The number of carbonyl (C=O) groups is 3. The smallest absolute Gasteiger partial charge is 0.256 e. The Hall–Kier alpha value is -3.35. The molecule has 0 unspecified atom stereocenters. The number of rotatable bonds is 2. The maximum Gasteiger partial charge on any atom is 0.256 e. The minimum atomic E-state index is -0.224. The lowest BCUT2D eigenvalue weighted by Gasteiger charge is -2.13. The molecule has 0 saturated heterocycles. The van der Waals surface area contributed by atoms with E-state index in [0.29, 0.717) is 40.9 Å². The topological polar surface area (TPSA) is 94.3 Å². The van der Waals surface area contributed by atoms with Crippen LogP contribution in [-0.2, 0) is 11.2 Å². The summed E-state index contributed by atoms with van der Waals surface area (Å²) in [5.74, 6) is -0.458. The second-order valence-corrected chi connectivity index (χ2v) is 6.57. The molecule has 0 spiro atoms. The predicted octanol–water partition coefficient (Wildman–Crippen LogP) is 1.50. The Kier molecular flexibility index (Phi) is 3.64. The highest BCUT2D eigenvalue weighted by Gasteiger charge is 2.27. The Morgan fingerprint density at radius 1 is 1.15 bits per heavy atom. The first-order valence-corrected chi connectivity index (χ1v) is 8.33. The number of fused-ring (bicyclic) bond motifs is 2. The number of benzene rings is 1. The van der Waals surface area contributed by atoms with Crippen molar-refractivity contribution in [2.75, 3.05) is 26.0 Å². The summed E-state index contributed by atoms with van der Waals surface area (Å²) in [4.78, 5) is 41.2. The van der Waals surface area contributed by atoms with Crippen molar-refractivity contribution in [1.82, 2.24) is 15.2 Å². The minimum absolute atomic E-state index is 0.109. The molecule has 2 aromatic rings. The fraction of sp³-hybridized carbons (Fsp3) is 0.211. The maximum absolute atomic E-state index is 12.4. The molecule has 2 aliphatic rings. The van der Waals surface area contributed by atoms with Gasteiger partial charge < -0.3 is 20.5 Å². The molecular weight excluding hydrogens is 332 g/mol. The third-order valence-corrected chi connectivity index (χ3v) is 4.67. The second kappa shape index (κ2) is 5.87. The van der Waals surface area contributed by atoms with Crippen molar-refractivity contribution in [1.29, 1.82) is 0 Å². The van der Waals surface area contributed by atoms with E-state index in [1.54, 1.807) is 44.6 Å². The lowest BCUT2D eigenvalue weighted by molar-refractivity contribution is -0.110. The average Bonchev–Trinajstić information content (AvgIpc) is 3.16. The molecule has 1 aromatic carbocycles. The molecule has 2 aliphatic heterocycles. The molecule has 0 aliphatic carbocycles. The highest BCUT2D eigenvalue weighted by Crippen LogP contribution is 2.34. The van der Waals surface area contributed by atoms with Gasteiger partial charge in [0.25, 0.3) is 17.7 Å². The van der Waals surface area contributed by atoms with Gasteiger partial charge >= 0.3 is 0 Å². The van der Waals surface area contributed by atoms with Crippen LogP contribution in [0.3, 0.4) is 0 Å². The first-order valence-electron chi connectivity index (χ1n) is 8.33. The highest BCUT2D eigenvalue weighted by atomic mass is 16.2. The van der Waals surface area contributed by atoms with E-state index in [4.69, 9.17) is 0 Å². The average molecular weight is 350 g/mol. The molecule has 7 nitrogen and oxygen atoms in total. The zero-order chi connectivity index (χ0) is 18.4. The second-order valence-electron chi connectivity index (χ2n) is 6.57. The van der Waals surface area contributed by atoms with E-state index in [-0.39, 0.29) is 17.7 Å². The summed E-state index contributed by atoms with van der Waals surface area (Å²) >= 11 is 0. The molecule has 3 heterocycles. The molecule has 3 N–H and O–H groups in total. The molecule has 0 fully saturated rings. The number of nitrogens with one attached hydrogen (secondary N) is 3. The summed E-state index contributed by atoms with van der Waals surface area (Å²) in [5, 5.41) is 5.62. The first kappa shape index (κ1) is 16.1. The maximum atomic E-state index is 12.4. The number of aromatic amines is 1. The summed E-state index contributed by atoms with van der Waals surface area (Å²) in [6, 6.07) is 5.16. The Morgan fingerprint density at radius 3 is 2.73 bits per heavy atom. The Balaban J connectivity index is 1.79. The van der Waals surface area contributed by atoms with Crippen LogP contribution in [0.4, 0.5) is 5.69 Å². The molecule has 0 atom stereocenters. The molecule has 0 radical (unpaired) electrons. The molecule has 0 bridgehead atoms. The van der Waals surface area contributed by atoms with Gasteiger partial charge in [0.1, 0.15) is 0 Å². The zero-order valence-electron chi connectivity index (χ0n) is 14.5. The van der Waals surface area contributed by atoms with Gasteiger partial charge in [-0.25, -0.2) is 0 Å². The van der Waals surface area contributed by atoms with E-state index in [2.05, 4.69) is 15.6 Å². The van der Waals surface area contributed by atoms with Crippen LogP contribution in [0.5, 0.6) is 0 Å². The molecule has 132 valence electrons. The fourth-order valence-electron chi connectivity index (χ4n) is 3.33. The molecular formula is C19H18N4O3. The first-order chi connectivity index (χ1) is 12.5. The van der Waals surface area contributed by atoms with E-state index >= 15 is 0 Å². The summed E-state index contributed by atoms with van der Waals surface area (Å²) < 4.78 is 0. The number of hydrogen-bond donors (Lipinski definition) is 3. The number of carbonyl (C=O) groups excluding carboxylic acids is 3. The number of amides is 3. The lowest BCUT2D eigenvalue weighted by Crippen LogP contribution is -2.31. The summed E-state index contributed by atoms with van der Waals surface area (Å²) in [6.45, 7) is 0.574. The van der Waals surface area contributed by atoms with Crippen LogP contribution in [0, 0.1) is 0 Å². The van der Waals surface area contributed by atoms with Gasteiger partial charge in [-0.1, -0.05) is 0 Å². The molecule has 7 heteroatoms. The van der Waals surface area contributed by atoms with Crippen LogP contribution < -0.4 is 10.6 Å². The largest absolute Gasteiger partial charge is 0.361 e. The normalized spacial score (nSPS) is 16.8. The van der Waals surface area contributed by atoms with Crippen molar-refractivity contribution in [3.63, 3.8) is 0 Å². The number of nitrogens with zero attached hydrogens (tertiary/aromatic N) is 1. The monoisotopic (exact) mass is 350 g/mol. The van der Waals surface area contributed by atoms with Gasteiger partial charge in [0.05, 0.1) is 11.1 Å². The van der Waals surface area contributed by atoms with Crippen LogP contribution in [0.1, 0.15) is 37.5 Å². The number of aromatic nitrogens is 1. The van der Waals surface area contributed by atoms with Gasteiger partial charge in [-0.15, -0.1) is 0 Å². The third-order valence-electron chi connectivity index (χ3n) is 4.67. The van der Waals surface area contributed by atoms with E-state index in [0.717, 1.165) is 11.3 Å². The van der Waals surface area contributed by atoms with Crippen LogP contribution >= 0.6 is 0 Å². The lowest BCUT2D eigenvalue weighted by atomic mass is 9.99. The standard InChI is InChI=1S/C19H18N4O3/c1-23(2)19(26)10-3-4-15-12(7-10)13(18(25)22-15)8-16-11-5-6-20-17(24)14(11)9-21-16/h3-4,7-9,21H,5-6H2,1-2H3,(H,20,24)(H,22,25)/b13-8-. The number of H-pyrrole nitrogens is 1. The number of hydrogen-bond acceptors (Lipinski definition) is 3. The van der Waals surface area contributed by atoms with Crippen molar-refractivity contribution in [2.45, 2.75) is 6.42 Å². The molecule has 1 aromatic heterocycles. The minimum Gasteiger partial charge on any atom is -0.361 e. The molecule has 26 heavy (non-hydrogen) atoms. The van der Waals surface area contributed by atoms with Crippen LogP contribution in [0.2, 0.25) is 0 Å². The number of anilines is 1. The quantitative estimate of drug-likeness (QED) is 0.717. The summed E-state index contributed by atoms with van der Waals surface area (Å²) in [6.07, 6.45) is 4.12. The van der Waals surface area contributed by atoms with Gasteiger partial charge in [0.15, 0.2) is 0 Å². The van der Waals surface area contributed by atoms with E-state index in [1.807, 2.05) is 0 Å². The van der Waals surface area contributed by atoms with Gasteiger partial charge in [0, 0.05) is 49.3 Å². The highest BCUT2D eigenvalue weighted by molar-refractivity contribution is 6.35. The van der Waals surface area contributed by atoms with Crippen molar-refractivity contribution in [3.8, 4) is 0 Å². The van der Waals surface area contributed by atoms with Crippen molar-refractivity contribution in [3.05, 3.63) is 52.3 Å². The summed E-state index contributed by atoms with van der Waals surface area (Å²) in [5.41, 5.74) is 4.62. The molecule has 3 amide bonds. The van der Waals surface area contributed by atoms with Gasteiger partial charge in [-0.3, -0.25) is 14.4 Å².